The topological polar surface area (TPSA) is 3.24 Å². The predicted octanol–water partition coefficient (Wildman–Crippen LogP) is 5.29. The Kier molecular flexibility index (Phi) is 6.41. The van der Waals surface area contributed by atoms with E-state index in [4.69, 9.17) is 0 Å². The molecule has 1 aromatic rings. The van der Waals surface area contributed by atoms with Crippen molar-refractivity contribution < 1.29 is 0 Å². The van der Waals surface area contributed by atoms with Gasteiger partial charge in [-0.1, -0.05) is 45.4 Å². The summed E-state index contributed by atoms with van der Waals surface area (Å²) >= 11 is 0. The maximum Gasteiger partial charge on any atom is 0.0403 e. The van der Waals surface area contributed by atoms with Gasteiger partial charge in [0.25, 0.3) is 0 Å². The smallest absolute Gasteiger partial charge is 0.0403 e. The third-order valence-electron chi connectivity index (χ3n) is 3.64. The van der Waals surface area contributed by atoms with Crippen LogP contribution in [0, 0.1) is 5.92 Å². The largest absolute Gasteiger partial charge is 0.366 e. The van der Waals surface area contributed by atoms with Gasteiger partial charge in [-0.2, -0.15) is 0 Å². The molecule has 0 fully saturated rings. The number of hydrogen-bond donors (Lipinski definition) is 0. The van der Waals surface area contributed by atoms with Crippen molar-refractivity contribution in [2.75, 3.05) is 4.90 Å². The quantitative estimate of drug-likeness (QED) is 0.644. The zero-order valence-corrected chi connectivity index (χ0v) is 13.6. The van der Waals surface area contributed by atoms with Crippen LogP contribution in [0.2, 0.25) is 0 Å². The number of para-hydroxylation sites is 1. The minimum Gasteiger partial charge on any atom is -0.366 e. The van der Waals surface area contributed by atoms with Crippen molar-refractivity contribution in [2.24, 2.45) is 5.92 Å². The average Bonchev–Trinajstić information content (AvgIpc) is 2.30. The Balaban J connectivity index is 3.08. The molecule has 0 bridgehead atoms. The fourth-order valence-corrected chi connectivity index (χ4v) is 2.96. The van der Waals surface area contributed by atoms with Crippen molar-refractivity contribution in [3.8, 4) is 0 Å². The van der Waals surface area contributed by atoms with E-state index in [9.17, 15) is 0 Å². The maximum atomic E-state index is 2.60. The summed E-state index contributed by atoms with van der Waals surface area (Å²) < 4.78 is 0. The molecular weight excluding hydrogens is 230 g/mol. The summed E-state index contributed by atoms with van der Waals surface area (Å²) in [6, 6.07) is 10.1. The van der Waals surface area contributed by atoms with Gasteiger partial charge in [0.05, 0.1) is 0 Å². The first-order valence-corrected chi connectivity index (χ1v) is 7.83. The Bertz CT molecular complexity index is 368. The summed E-state index contributed by atoms with van der Waals surface area (Å²) in [5.74, 6) is 0.705. The molecule has 0 spiro atoms. The SMILES string of the molecule is CCCC(C)N(c1ccccc1CC(C)C)C(C)C. The van der Waals surface area contributed by atoms with Crippen molar-refractivity contribution in [1.29, 1.82) is 0 Å². The van der Waals surface area contributed by atoms with Crippen molar-refractivity contribution in [3.63, 3.8) is 0 Å². The maximum absolute atomic E-state index is 2.60. The summed E-state index contributed by atoms with van der Waals surface area (Å²) in [5, 5.41) is 0. The van der Waals surface area contributed by atoms with Crippen LogP contribution in [-0.2, 0) is 6.42 Å². The second-order valence-electron chi connectivity index (χ2n) is 6.37. The summed E-state index contributed by atoms with van der Waals surface area (Å²) in [6.45, 7) is 13.8. The van der Waals surface area contributed by atoms with Gasteiger partial charge in [-0.15, -0.1) is 0 Å². The molecule has 0 aliphatic carbocycles. The van der Waals surface area contributed by atoms with Gasteiger partial charge in [0.1, 0.15) is 0 Å². The Morgan fingerprint density at radius 1 is 1.00 bits per heavy atom. The highest BCUT2D eigenvalue weighted by Gasteiger charge is 2.19. The first-order valence-electron chi connectivity index (χ1n) is 7.83. The molecular formula is C18H31N. The van der Waals surface area contributed by atoms with E-state index in [2.05, 4.69) is 70.7 Å². The molecule has 0 saturated heterocycles. The fraction of sp³-hybridized carbons (Fsp3) is 0.667. The molecule has 0 aliphatic heterocycles. The van der Waals surface area contributed by atoms with Gasteiger partial charge in [-0.05, 0) is 51.2 Å². The molecule has 1 heteroatoms. The summed E-state index contributed by atoms with van der Waals surface area (Å²) in [6.07, 6.45) is 3.67. The van der Waals surface area contributed by atoms with E-state index >= 15 is 0 Å². The molecule has 1 rings (SSSR count). The molecule has 0 aromatic heterocycles. The third kappa shape index (κ3) is 4.56. The molecule has 19 heavy (non-hydrogen) atoms. The Morgan fingerprint density at radius 3 is 2.16 bits per heavy atom. The molecule has 0 aliphatic rings. The summed E-state index contributed by atoms with van der Waals surface area (Å²) in [4.78, 5) is 2.60. The second-order valence-corrected chi connectivity index (χ2v) is 6.37. The normalized spacial score (nSPS) is 13.1. The van der Waals surface area contributed by atoms with Gasteiger partial charge in [0.15, 0.2) is 0 Å². The van der Waals surface area contributed by atoms with Gasteiger partial charge < -0.3 is 4.90 Å². The summed E-state index contributed by atoms with van der Waals surface area (Å²) in [5.41, 5.74) is 2.93. The lowest BCUT2D eigenvalue weighted by Gasteiger charge is -2.37. The van der Waals surface area contributed by atoms with Crippen LogP contribution in [0.5, 0.6) is 0 Å². The first-order chi connectivity index (χ1) is 8.97. The van der Waals surface area contributed by atoms with E-state index in [0.29, 0.717) is 18.0 Å². The number of rotatable bonds is 7. The van der Waals surface area contributed by atoms with Crippen molar-refractivity contribution in [3.05, 3.63) is 29.8 Å². The number of anilines is 1. The Labute approximate surface area is 120 Å². The standard InChI is InChI=1S/C18H31N/c1-7-10-16(6)19(15(4)5)18-12-9-8-11-17(18)13-14(2)3/h8-9,11-12,14-16H,7,10,13H2,1-6H3. The summed E-state index contributed by atoms with van der Waals surface area (Å²) in [7, 11) is 0. The van der Waals surface area contributed by atoms with E-state index in [1.165, 1.54) is 24.1 Å². The minimum atomic E-state index is 0.551. The zero-order chi connectivity index (χ0) is 14.4. The Hall–Kier alpha value is -0.980. The van der Waals surface area contributed by atoms with E-state index in [-0.39, 0.29) is 0 Å². The van der Waals surface area contributed by atoms with Crippen LogP contribution in [0.1, 0.15) is 59.9 Å². The molecule has 1 unspecified atom stereocenters. The molecule has 1 atom stereocenters. The van der Waals surface area contributed by atoms with Crippen LogP contribution in [0.4, 0.5) is 5.69 Å². The first kappa shape index (κ1) is 16.1. The lowest BCUT2D eigenvalue weighted by atomic mass is 9.98. The highest BCUT2D eigenvalue weighted by atomic mass is 15.2. The number of hydrogen-bond acceptors (Lipinski definition) is 1. The Morgan fingerprint density at radius 2 is 1.63 bits per heavy atom. The van der Waals surface area contributed by atoms with Crippen LogP contribution >= 0.6 is 0 Å². The molecule has 0 amide bonds. The van der Waals surface area contributed by atoms with Crippen LogP contribution in [0.3, 0.4) is 0 Å². The van der Waals surface area contributed by atoms with E-state index in [1.54, 1.807) is 0 Å². The molecule has 0 radical (unpaired) electrons. The third-order valence-corrected chi connectivity index (χ3v) is 3.64. The molecule has 1 nitrogen and oxygen atoms in total. The molecule has 0 N–H and O–H groups in total. The monoisotopic (exact) mass is 261 g/mol. The highest BCUT2D eigenvalue weighted by molar-refractivity contribution is 5.55. The van der Waals surface area contributed by atoms with Gasteiger partial charge >= 0.3 is 0 Å². The number of nitrogens with zero attached hydrogens (tertiary/aromatic N) is 1. The second kappa shape index (κ2) is 7.57. The molecule has 108 valence electrons. The van der Waals surface area contributed by atoms with Gasteiger partial charge in [0.2, 0.25) is 0 Å². The lowest BCUT2D eigenvalue weighted by molar-refractivity contribution is 0.532. The van der Waals surface area contributed by atoms with Crippen LogP contribution in [-0.4, -0.2) is 12.1 Å². The predicted molar refractivity (Wildman–Crippen MR) is 87.0 cm³/mol. The highest BCUT2D eigenvalue weighted by Crippen LogP contribution is 2.28. The lowest BCUT2D eigenvalue weighted by Crippen LogP contribution is -2.39. The van der Waals surface area contributed by atoms with Gasteiger partial charge in [-0.25, -0.2) is 0 Å². The minimum absolute atomic E-state index is 0.551. The van der Waals surface area contributed by atoms with E-state index in [1.807, 2.05) is 0 Å². The van der Waals surface area contributed by atoms with E-state index in [0.717, 1.165) is 6.42 Å². The van der Waals surface area contributed by atoms with E-state index < -0.39 is 0 Å². The van der Waals surface area contributed by atoms with Crippen molar-refractivity contribution >= 4 is 5.69 Å². The number of benzene rings is 1. The van der Waals surface area contributed by atoms with Crippen molar-refractivity contribution in [1.82, 2.24) is 0 Å². The fourth-order valence-electron chi connectivity index (χ4n) is 2.96. The van der Waals surface area contributed by atoms with Gasteiger partial charge in [-0.3, -0.25) is 0 Å². The van der Waals surface area contributed by atoms with Gasteiger partial charge in [0, 0.05) is 17.8 Å². The average molecular weight is 261 g/mol. The zero-order valence-electron chi connectivity index (χ0n) is 13.6. The van der Waals surface area contributed by atoms with Crippen LogP contribution in [0.15, 0.2) is 24.3 Å². The molecule has 1 aromatic carbocycles. The van der Waals surface area contributed by atoms with Crippen LogP contribution < -0.4 is 4.90 Å². The molecule has 0 heterocycles. The van der Waals surface area contributed by atoms with Crippen molar-refractivity contribution in [2.45, 2.75) is 72.9 Å². The molecule has 0 saturated carbocycles. The van der Waals surface area contributed by atoms with Crippen LogP contribution in [0.25, 0.3) is 0 Å².